The molecule has 0 fully saturated rings. The summed E-state index contributed by atoms with van der Waals surface area (Å²) in [6.45, 7) is 1.81. The second-order valence-electron chi connectivity index (χ2n) is 7.24. The van der Waals surface area contributed by atoms with E-state index in [4.69, 9.17) is 16.9 Å². The van der Waals surface area contributed by atoms with E-state index in [2.05, 4.69) is 30.6 Å². The number of aromatic nitrogens is 4. The van der Waals surface area contributed by atoms with Crippen LogP contribution in [0.1, 0.15) is 11.5 Å². The van der Waals surface area contributed by atoms with E-state index in [1.807, 2.05) is 13.0 Å². The van der Waals surface area contributed by atoms with Crippen molar-refractivity contribution in [1.82, 2.24) is 19.9 Å². The topological polar surface area (TPSA) is 140 Å². The maximum atomic E-state index is 12.2. The van der Waals surface area contributed by atoms with Gasteiger partial charge in [0.25, 0.3) is 0 Å². The first-order valence-electron chi connectivity index (χ1n) is 9.66. The summed E-state index contributed by atoms with van der Waals surface area (Å²) in [5.41, 5.74) is 2.85. The quantitative estimate of drug-likeness (QED) is 0.373. The summed E-state index contributed by atoms with van der Waals surface area (Å²) in [6.07, 6.45) is 1.12. The number of hydrogen-bond donors (Lipinski definition) is 3. The molecule has 0 aliphatic carbocycles. The first-order chi connectivity index (χ1) is 15.6. The van der Waals surface area contributed by atoms with Crippen LogP contribution in [0.4, 0.5) is 28.7 Å². The van der Waals surface area contributed by atoms with Crippen LogP contribution in [0, 0.1) is 18.3 Å². The smallest absolute Gasteiger partial charge is 0.232 e. The number of pyridine rings is 2. The van der Waals surface area contributed by atoms with Gasteiger partial charge in [0.15, 0.2) is 5.65 Å². The van der Waals surface area contributed by atoms with Gasteiger partial charge in [0, 0.05) is 18.1 Å². The van der Waals surface area contributed by atoms with Gasteiger partial charge in [0.1, 0.15) is 34.7 Å². The number of aryl methyl sites for hydroxylation is 1. The van der Waals surface area contributed by atoms with Crippen LogP contribution in [-0.4, -0.2) is 41.7 Å². The molecule has 0 amide bonds. The highest BCUT2D eigenvalue weighted by Gasteiger charge is 2.18. The highest BCUT2D eigenvalue weighted by Crippen LogP contribution is 2.35. The van der Waals surface area contributed by atoms with Gasteiger partial charge < -0.3 is 15.6 Å². The predicted molar refractivity (Wildman–Crippen MR) is 129 cm³/mol. The van der Waals surface area contributed by atoms with Crippen LogP contribution >= 0.6 is 11.6 Å². The molecule has 0 saturated heterocycles. The number of rotatable bonds is 6. The lowest BCUT2D eigenvalue weighted by atomic mass is 10.2. The van der Waals surface area contributed by atoms with Crippen molar-refractivity contribution in [3.63, 3.8) is 0 Å². The molecule has 168 valence electrons. The number of fused-ring (bicyclic) bond motifs is 1. The number of sulfonamides is 1. The summed E-state index contributed by atoms with van der Waals surface area (Å²) in [5.74, 6) is 1.54. The summed E-state index contributed by atoms with van der Waals surface area (Å²) in [6, 6.07) is 13.7. The van der Waals surface area contributed by atoms with Crippen LogP contribution in [-0.2, 0) is 10.0 Å². The lowest BCUT2D eigenvalue weighted by Gasteiger charge is -2.21. The fraction of sp³-hybridized carbons (Fsp3) is 0.143. The molecule has 3 N–H and O–H groups in total. The summed E-state index contributed by atoms with van der Waals surface area (Å²) in [7, 11) is -2.07. The molecule has 0 saturated carbocycles. The molecule has 33 heavy (non-hydrogen) atoms. The highest BCUT2D eigenvalue weighted by molar-refractivity contribution is 7.92. The molecule has 0 spiro atoms. The third-order valence-corrected chi connectivity index (χ3v) is 6.19. The highest BCUT2D eigenvalue weighted by atomic mass is 35.5. The van der Waals surface area contributed by atoms with Crippen molar-refractivity contribution in [2.24, 2.45) is 0 Å². The molecule has 0 bridgehead atoms. The minimum absolute atomic E-state index is 0.268. The van der Waals surface area contributed by atoms with Gasteiger partial charge in [-0.2, -0.15) is 5.26 Å². The fourth-order valence-corrected chi connectivity index (χ4v) is 3.83. The lowest BCUT2D eigenvalue weighted by Crippen LogP contribution is -2.25. The zero-order valence-electron chi connectivity index (χ0n) is 17.9. The largest absolute Gasteiger partial charge is 0.352 e. The molecule has 12 heteroatoms. The van der Waals surface area contributed by atoms with Gasteiger partial charge in [-0.1, -0.05) is 17.7 Å². The van der Waals surface area contributed by atoms with E-state index in [-0.39, 0.29) is 5.69 Å². The van der Waals surface area contributed by atoms with E-state index in [1.165, 1.54) is 7.05 Å². The molecule has 4 rings (SSSR count). The number of H-pyrrole nitrogens is 1. The molecular formula is C21H19ClN8O2S. The SMILES string of the molecule is Cc1nc2nc(Nc3cccc(C#N)n3)cc(Nc3ccc(Cl)cc3N(C)S(C)(=O)=O)c2[nH]1. The standard InChI is InChI=1S/C21H19ClN8O2S/c1-12-24-20-16(27-15-8-7-13(22)9-17(15)30(2)33(3,31)32)10-19(29-21(20)25-12)28-18-6-4-5-14(11-23)26-18/h4-10H,1-3H3,(H3,24,25,26,27,28,29). The minimum Gasteiger partial charge on any atom is -0.352 e. The van der Waals surface area contributed by atoms with E-state index in [0.29, 0.717) is 50.7 Å². The average Bonchev–Trinajstić information content (AvgIpc) is 3.14. The van der Waals surface area contributed by atoms with Crippen LogP contribution in [0.25, 0.3) is 11.2 Å². The van der Waals surface area contributed by atoms with Crippen LogP contribution in [0.2, 0.25) is 5.02 Å². The minimum atomic E-state index is -3.53. The van der Waals surface area contributed by atoms with Crippen molar-refractivity contribution in [2.75, 3.05) is 28.2 Å². The van der Waals surface area contributed by atoms with Gasteiger partial charge in [-0.05, 0) is 37.3 Å². The number of anilines is 5. The van der Waals surface area contributed by atoms with Gasteiger partial charge in [0.05, 0.1) is 23.3 Å². The van der Waals surface area contributed by atoms with Gasteiger partial charge in [0.2, 0.25) is 10.0 Å². The molecule has 0 radical (unpaired) electrons. The van der Waals surface area contributed by atoms with Crippen molar-refractivity contribution in [1.29, 1.82) is 5.26 Å². The van der Waals surface area contributed by atoms with Gasteiger partial charge in [-0.3, -0.25) is 4.31 Å². The molecule has 0 unspecified atom stereocenters. The lowest BCUT2D eigenvalue weighted by molar-refractivity contribution is 0.600. The number of imidazole rings is 1. The van der Waals surface area contributed by atoms with Crippen molar-refractivity contribution >= 4 is 61.5 Å². The summed E-state index contributed by atoms with van der Waals surface area (Å²) in [4.78, 5) is 16.3. The predicted octanol–water partition coefficient (Wildman–Crippen LogP) is 4.07. The second kappa shape index (κ2) is 8.57. The van der Waals surface area contributed by atoms with Gasteiger partial charge >= 0.3 is 0 Å². The Morgan fingerprint density at radius 2 is 1.85 bits per heavy atom. The van der Waals surface area contributed by atoms with Crippen molar-refractivity contribution in [3.8, 4) is 6.07 Å². The molecule has 0 aliphatic rings. The van der Waals surface area contributed by atoms with E-state index < -0.39 is 10.0 Å². The molecule has 1 aromatic carbocycles. The zero-order valence-corrected chi connectivity index (χ0v) is 19.5. The van der Waals surface area contributed by atoms with Crippen molar-refractivity contribution in [3.05, 3.63) is 59.0 Å². The first kappa shape index (κ1) is 22.3. The maximum Gasteiger partial charge on any atom is 0.232 e. The average molecular weight is 483 g/mol. The van der Waals surface area contributed by atoms with Crippen molar-refractivity contribution in [2.45, 2.75) is 6.92 Å². The normalized spacial score (nSPS) is 11.2. The molecule has 3 aromatic heterocycles. The Kier molecular flexibility index (Phi) is 5.80. The molecule has 0 aliphatic heterocycles. The second-order valence-corrected chi connectivity index (χ2v) is 9.69. The Morgan fingerprint density at radius 1 is 1.06 bits per heavy atom. The monoisotopic (exact) mass is 482 g/mol. The number of hydrogen-bond acceptors (Lipinski definition) is 8. The molecule has 4 aromatic rings. The number of aromatic amines is 1. The molecule has 3 heterocycles. The van der Waals surface area contributed by atoms with E-state index in [1.54, 1.807) is 42.5 Å². The van der Waals surface area contributed by atoms with E-state index in [0.717, 1.165) is 10.6 Å². The number of benzene rings is 1. The van der Waals surface area contributed by atoms with Crippen LogP contribution in [0.15, 0.2) is 42.5 Å². The summed E-state index contributed by atoms with van der Waals surface area (Å²) < 4.78 is 25.5. The van der Waals surface area contributed by atoms with Crippen molar-refractivity contribution < 1.29 is 8.42 Å². The molecule has 10 nitrogen and oxygen atoms in total. The number of halogens is 1. The Balaban J connectivity index is 1.79. The third-order valence-electron chi connectivity index (χ3n) is 4.77. The van der Waals surface area contributed by atoms with Crippen LogP contribution < -0.4 is 14.9 Å². The fourth-order valence-electron chi connectivity index (χ4n) is 3.16. The number of nitrogens with one attached hydrogen (secondary N) is 3. The maximum absolute atomic E-state index is 12.2. The third kappa shape index (κ3) is 4.82. The first-order valence-corrected chi connectivity index (χ1v) is 11.9. The summed E-state index contributed by atoms with van der Waals surface area (Å²) in [5, 5.41) is 15.8. The Morgan fingerprint density at radius 3 is 2.58 bits per heavy atom. The van der Waals surface area contributed by atoms with E-state index in [9.17, 15) is 8.42 Å². The number of nitriles is 1. The van der Waals surface area contributed by atoms with Crippen LogP contribution in [0.3, 0.4) is 0 Å². The molecular weight excluding hydrogens is 464 g/mol. The Bertz CT molecular complexity index is 1510. The Labute approximate surface area is 195 Å². The Hall–Kier alpha value is -3.88. The zero-order chi connectivity index (χ0) is 23.8. The molecule has 0 atom stereocenters. The van der Waals surface area contributed by atoms with Gasteiger partial charge in [-0.15, -0.1) is 0 Å². The van der Waals surface area contributed by atoms with Crippen LogP contribution in [0.5, 0.6) is 0 Å². The van der Waals surface area contributed by atoms with Gasteiger partial charge in [-0.25, -0.2) is 23.4 Å². The number of nitrogens with zero attached hydrogens (tertiary/aromatic N) is 5. The summed E-state index contributed by atoms with van der Waals surface area (Å²) >= 11 is 6.14. The van der Waals surface area contributed by atoms with E-state index >= 15 is 0 Å².